The quantitative estimate of drug-likeness (QED) is 0.512. The standard InChI is InChI=1S/C26H40O4/c1-17(2)8-7-9-18(3)20-12-13-23(4)14-22-24(5,27)16-25(29-6)26(22,28)19(15-30-25)10-11-21(20)23/h7-10,18,20-22,27-28H,11-16H2,1-6H3/b9-7-,19-10-/t18-,20+,21-,22+,23+,24+,25+,26+/m0/s1. The van der Waals surface area contributed by atoms with Gasteiger partial charge in [-0.15, -0.1) is 0 Å². The molecular weight excluding hydrogens is 376 g/mol. The second-order valence-corrected chi connectivity index (χ2v) is 11.2. The van der Waals surface area contributed by atoms with Gasteiger partial charge in [0.2, 0.25) is 5.79 Å². The van der Waals surface area contributed by atoms with Crippen LogP contribution in [0.3, 0.4) is 0 Å². The van der Waals surface area contributed by atoms with Crippen molar-refractivity contribution in [1.29, 1.82) is 0 Å². The highest BCUT2D eigenvalue weighted by atomic mass is 16.7. The van der Waals surface area contributed by atoms with Crippen LogP contribution in [0, 0.1) is 29.1 Å². The van der Waals surface area contributed by atoms with E-state index in [1.54, 1.807) is 7.11 Å². The Morgan fingerprint density at radius 3 is 2.70 bits per heavy atom. The van der Waals surface area contributed by atoms with Crippen molar-refractivity contribution in [3.8, 4) is 0 Å². The normalized spacial score (nSPS) is 50.4. The van der Waals surface area contributed by atoms with Gasteiger partial charge in [0.05, 0.1) is 12.2 Å². The maximum atomic E-state index is 12.0. The molecule has 1 aliphatic heterocycles. The number of methoxy groups -OCH3 is 1. The summed E-state index contributed by atoms with van der Waals surface area (Å²) >= 11 is 0. The number of fused-ring (bicyclic) bond motifs is 1. The van der Waals surface area contributed by atoms with Gasteiger partial charge in [0.15, 0.2) is 0 Å². The average molecular weight is 417 g/mol. The summed E-state index contributed by atoms with van der Waals surface area (Å²) in [6.45, 7) is 11.2. The summed E-state index contributed by atoms with van der Waals surface area (Å²) in [7, 11) is 1.59. The molecule has 0 radical (unpaired) electrons. The lowest BCUT2D eigenvalue weighted by molar-refractivity contribution is -0.259. The molecule has 0 aromatic carbocycles. The minimum absolute atomic E-state index is 0.0854. The van der Waals surface area contributed by atoms with Crippen LogP contribution in [-0.2, 0) is 9.47 Å². The second kappa shape index (κ2) is 7.30. The van der Waals surface area contributed by atoms with Crippen LogP contribution in [0.25, 0.3) is 0 Å². The van der Waals surface area contributed by atoms with Crippen LogP contribution in [0.1, 0.15) is 66.7 Å². The Hall–Kier alpha value is -0.940. The minimum atomic E-state index is -1.24. The lowest BCUT2D eigenvalue weighted by atomic mass is 9.61. The smallest absolute Gasteiger partial charge is 0.204 e. The summed E-state index contributed by atoms with van der Waals surface area (Å²) in [5.74, 6) is 0.234. The van der Waals surface area contributed by atoms with Crippen LogP contribution >= 0.6 is 0 Å². The number of allylic oxidation sites excluding steroid dienone is 5. The van der Waals surface area contributed by atoms with E-state index in [0.717, 1.165) is 24.8 Å². The Kier molecular flexibility index (Phi) is 5.42. The molecule has 4 heteroatoms. The highest BCUT2D eigenvalue weighted by Crippen LogP contribution is 2.65. The summed E-state index contributed by atoms with van der Waals surface area (Å²) < 4.78 is 11.8. The molecule has 0 bridgehead atoms. The van der Waals surface area contributed by atoms with Crippen molar-refractivity contribution in [3.63, 3.8) is 0 Å². The lowest BCUT2D eigenvalue weighted by Crippen LogP contribution is -2.54. The van der Waals surface area contributed by atoms with Gasteiger partial charge in [-0.2, -0.15) is 0 Å². The van der Waals surface area contributed by atoms with Crippen LogP contribution in [-0.4, -0.2) is 40.9 Å². The topological polar surface area (TPSA) is 58.9 Å². The maximum Gasteiger partial charge on any atom is 0.204 e. The molecular formula is C26H40O4. The van der Waals surface area contributed by atoms with Crippen LogP contribution in [0.4, 0.5) is 0 Å². The first-order valence-corrected chi connectivity index (χ1v) is 11.6. The van der Waals surface area contributed by atoms with Gasteiger partial charge >= 0.3 is 0 Å². The van der Waals surface area contributed by atoms with Crippen molar-refractivity contribution in [2.75, 3.05) is 13.7 Å². The molecule has 30 heavy (non-hydrogen) atoms. The average Bonchev–Trinajstić information content (AvgIpc) is 3.17. The molecule has 8 atom stereocenters. The first kappa shape index (κ1) is 22.3. The van der Waals surface area contributed by atoms with Gasteiger partial charge in [0.1, 0.15) is 5.60 Å². The van der Waals surface area contributed by atoms with E-state index in [4.69, 9.17) is 9.47 Å². The van der Waals surface area contributed by atoms with Crippen LogP contribution in [0.15, 0.2) is 35.5 Å². The Morgan fingerprint density at radius 2 is 2.03 bits per heavy atom. The van der Waals surface area contributed by atoms with E-state index in [-0.39, 0.29) is 11.3 Å². The van der Waals surface area contributed by atoms with Crippen molar-refractivity contribution >= 4 is 0 Å². The Morgan fingerprint density at radius 1 is 1.30 bits per heavy atom. The summed E-state index contributed by atoms with van der Waals surface area (Å²) in [5, 5.41) is 23.4. The molecule has 3 fully saturated rings. The molecule has 0 amide bonds. The largest absolute Gasteiger partial charge is 0.390 e. The van der Waals surface area contributed by atoms with E-state index in [9.17, 15) is 10.2 Å². The number of hydrogen-bond acceptors (Lipinski definition) is 4. The summed E-state index contributed by atoms with van der Waals surface area (Å²) in [4.78, 5) is 0. The molecule has 4 rings (SSSR count). The molecule has 3 aliphatic carbocycles. The molecule has 0 aromatic rings. The fraction of sp³-hybridized carbons (Fsp3) is 0.769. The second-order valence-electron chi connectivity index (χ2n) is 11.2. The lowest BCUT2D eigenvalue weighted by Gasteiger charge is -2.46. The van der Waals surface area contributed by atoms with E-state index < -0.39 is 17.0 Å². The molecule has 4 aliphatic rings. The first-order valence-electron chi connectivity index (χ1n) is 11.6. The summed E-state index contributed by atoms with van der Waals surface area (Å²) in [6, 6.07) is 0. The van der Waals surface area contributed by atoms with Gasteiger partial charge < -0.3 is 19.7 Å². The molecule has 168 valence electrons. The highest BCUT2D eigenvalue weighted by Gasteiger charge is 2.74. The number of hydrogen-bond donors (Lipinski definition) is 2. The van der Waals surface area contributed by atoms with E-state index in [1.165, 1.54) is 12.0 Å². The SMILES string of the molecule is CO[C@]12C[C@@](C)(O)[C@H]3C[C@@]4(C)CC[C@H]([C@@H](C)/C=C\C=C(C)C)[C@@H]4C/C=C(/CO1)[C@@]32O. The van der Waals surface area contributed by atoms with Crippen molar-refractivity contribution in [3.05, 3.63) is 35.5 Å². The Bertz CT molecular complexity index is 776. The Balaban J connectivity index is 1.69. The monoisotopic (exact) mass is 416 g/mol. The number of rotatable bonds is 4. The highest BCUT2D eigenvalue weighted by molar-refractivity contribution is 5.36. The van der Waals surface area contributed by atoms with Crippen molar-refractivity contribution in [1.82, 2.24) is 0 Å². The van der Waals surface area contributed by atoms with E-state index in [2.05, 4.69) is 52.0 Å². The Labute approximate surface area is 182 Å². The number of ether oxygens (including phenoxy) is 2. The fourth-order valence-electron chi connectivity index (χ4n) is 7.29. The molecule has 1 saturated heterocycles. The predicted octanol–water partition coefficient (Wildman–Crippen LogP) is 4.77. The van der Waals surface area contributed by atoms with Gasteiger partial charge in [-0.05, 0) is 75.2 Å². The van der Waals surface area contributed by atoms with Crippen LogP contribution in [0.2, 0.25) is 0 Å². The third-order valence-corrected chi connectivity index (χ3v) is 8.98. The molecule has 1 heterocycles. The van der Waals surface area contributed by atoms with Gasteiger partial charge in [-0.25, -0.2) is 0 Å². The van der Waals surface area contributed by atoms with Gasteiger partial charge in [0, 0.05) is 19.4 Å². The first-order chi connectivity index (χ1) is 14.0. The fourth-order valence-corrected chi connectivity index (χ4v) is 7.29. The van der Waals surface area contributed by atoms with E-state index in [1.807, 2.05) is 6.92 Å². The minimum Gasteiger partial charge on any atom is -0.390 e. The number of aliphatic hydroxyl groups is 2. The molecule has 2 saturated carbocycles. The van der Waals surface area contributed by atoms with Crippen LogP contribution in [0.5, 0.6) is 0 Å². The van der Waals surface area contributed by atoms with E-state index >= 15 is 0 Å². The van der Waals surface area contributed by atoms with Gasteiger partial charge in [0.25, 0.3) is 0 Å². The van der Waals surface area contributed by atoms with Gasteiger partial charge in [-0.1, -0.05) is 43.7 Å². The zero-order valence-electron chi connectivity index (χ0n) is 19.6. The zero-order chi connectivity index (χ0) is 21.9. The summed E-state index contributed by atoms with van der Waals surface area (Å²) in [6.07, 6.45) is 13.4. The molecule has 0 aromatic heterocycles. The van der Waals surface area contributed by atoms with Crippen molar-refractivity contribution < 1.29 is 19.7 Å². The molecule has 2 N–H and O–H groups in total. The summed E-state index contributed by atoms with van der Waals surface area (Å²) in [5.41, 5.74) is 0.0416. The van der Waals surface area contributed by atoms with Crippen molar-refractivity contribution in [2.45, 2.75) is 83.7 Å². The third-order valence-electron chi connectivity index (χ3n) is 8.98. The molecule has 0 spiro atoms. The zero-order valence-corrected chi connectivity index (χ0v) is 19.6. The van der Waals surface area contributed by atoms with Gasteiger partial charge in [-0.3, -0.25) is 0 Å². The predicted molar refractivity (Wildman–Crippen MR) is 119 cm³/mol. The molecule has 4 nitrogen and oxygen atoms in total. The van der Waals surface area contributed by atoms with Crippen molar-refractivity contribution in [2.24, 2.45) is 29.1 Å². The van der Waals surface area contributed by atoms with Crippen LogP contribution < -0.4 is 0 Å². The third kappa shape index (κ3) is 3.09. The van der Waals surface area contributed by atoms with E-state index in [0.29, 0.717) is 30.8 Å². The maximum absolute atomic E-state index is 12.0. The molecule has 0 unspecified atom stereocenters.